The fourth-order valence-corrected chi connectivity index (χ4v) is 5.14. The summed E-state index contributed by atoms with van der Waals surface area (Å²) in [6.45, 7) is 7.45. The van der Waals surface area contributed by atoms with E-state index in [0.717, 1.165) is 21.8 Å². The molecule has 3 rings (SSSR count). The van der Waals surface area contributed by atoms with Crippen LogP contribution in [0.15, 0.2) is 48.5 Å². The topological polar surface area (TPSA) is 48.4 Å². The molecule has 0 amide bonds. The summed E-state index contributed by atoms with van der Waals surface area (Å²) in [5.41, 5.74) is 1.57. The minimum absolute atomic E-state index is 0.222. The Labute approximate surface area is 142 Å². The second kappa shape index (κ2) is 6.64. The Morgan fingerprint density at radius 2 is 1.21 bits per heavy atom. The standard InChI is InChI=1S/C19H22NO3P/c1-13(2)22-24(21,23-14(3)4)19-15-9-5-7-11-17(15)20-18-12-8-6-10-16(18)19/h5-14H,1-4H3. The van der Waals surface area contributed by atoms with Gasteiger partial charge in [-0.15, -0.1) is 0 Å². The predicted molar refractivity (Wildman–Crippen MR) is 98.9 cm³/mol. The van der Waals surface area contributed by atoms with Crippen LogP contribution in [0.1, 0.15) is 27.7 Å². The third kappa shape index (κ3) is 3.23. The van der Waals surface area contributed by atoms with Gasteiger partial charge in [-0.3, -0.25) is 4.57 Å². The number of hydrogen-bond donors (Lipinski definition) is 0. The van der Waals surface area contributed by atoms with E-state index in [4.69, 9.17) is 9.05 Å². The number of hydrogen-bond acceptors (Lipinski definition) is 4. The van der Waals surface area contributed by atoms with Gasteiger partial charge >= 0.3 is 7.60 Å². The Kier molecular flexibility index (Phi) is 4.73. The van der Waals surface area contributed by atoms with Crippen LogP contribution in [0.4, 0.5) is 0 Å². The number of fused-ring (bicyclic) bond motifs is 2. The van der Waals surface area contributed by atoms with Crippen LogP contribution in [-0.2, 0) is 13.6 Å². The van der Waals surface area contributed by atoms with Crippen molar-refractivity contribution in [3.05, 3.63) is 48.5 Å². The Morgan fingerprint density at radius 3 is 1.62 bits per heavy atom. The fraction of sp³-hybridized carbons (Fsp3) is 0.316. The summed E-state index contributed by atoms with van der Waals surface area (Å²) in [7, 11) is -3.52. The number of nitrogens with zero attached hydrogens (tertiary/aromatic N) is 1. The van der Waals surface area contributed by atoms with Crippen molar-refractivity contribution in [3.8, 4) is 0 Å². The van der Waals surface area contributed by atoms with Gasteiger partial charge in [-0.1, -0.05) is 36.4 Å². The van der Waals surface area contributed by atoms with E-state index in [1.54, 1.807) is 0 Å². The lowest BCUT2D eigenvalue weighted by Gasteiger charge is -2.25. The highest BCUT2D eigenvalue weighted by Gasteiger charge is 2.34. The second-order valence-electron chi connectivity index (χ2n) is 6.30. The third-order valence-corrected chi connectivity index (χ3v) is 5.96. The molecular formula is C19H22NO3P. The zero-order valence-corrected chi connectivity index (χ0v) is 15.3. The smallest absolute Gasteiger partial charge is 0.302 e. The maximum atomic E-state index is 13.8. The minimum Gasteiger partial charge on any atom is -0.302 e. The quantitative estimate of drug-likeness (QED) is 0.480. The highest BCUT2D eigenvalue weighted by atomic mass is 31.2. The molecule has 0 radical (unpaired) electrons. The van der Waals surface area contributed by atoms with Crippen LogP contribution in [0.3, 0.4) is 0 Å². The molecule has 0 saturated heterocycles. The molecule has 0 saturated carbocycles. The first-order chi connectivity index (χ1) is 11.4. The zero-order valence-electron chi connectivity index (χ0n) is 14.4. The Hall–Kier alpha value is -1.74. The lowest BCUT2D eigenvalue weighted by Crippen LogP contribution is -2.19. The summed E-state index contributed by atoms with van der Waals surface area (Å²) in [4.78, 5) is 4.68. The molecule has 0 aliphatic carbocycles. The van der Waals surface area contributed by atoms with Crippen LogP contribution >= 0.6 is 7.60 Å². The normalized spacial score (nSPS) is 12.6. The van der Waals surface area contributed by atoms with Gasteiger partial charge in [-0.25, -0.2) is 4.98 Å². The molecule has 1 aromatic heterocycles. The van der Waals surface area contributed by atoms with Gasteiger partial charge in [0.2, 0.25) is 0 Å². The van der Waals surface area contributed by atoms with Crippen molar-refractivity contribution >= 4 is 34.7 Å². The fourth-order valence-electron chi connectivity index (χ4n) is 2.80. The van der Waals surface area contributed by atoms with Crippen molar-refractivity contribution in [1.29, 1.82) is 0 Å². The van der Waals surface area contributed by atoms with Crippen LogP contribution < -0.4 is 5.30 Å². The van der Waals surface area contributed by atoms with Crippen molar-refractivity contribution in [2.45, 2.75) is 39.9 Å². The molecule has 0 bridgehead atoms. The first-order valence-electron chi connectivity index (χ1n) is 8.15. The van der Waals surface area contributed by atoms with E-state index in [1.165, 1.54) is 0 Å². The molecule has 24 heavy (non-hydrogen) atoms. The molecular weight excluding hydrogens is 321 g/mol. The maximum absolute atomic E-state index is 13.8. The lowest BCUT2D eigenvalue weighted by atomic mass is 10.1. The molecule has 0 atom stereocenters. The van der Waals surface area contributed by atoms with Gasteiger partial charge in [0.15, 0.2) is 0 Å². The summed E-state index contributed by atoms with van der Waals surface area (Å²) < 4.78 is 25.5. The van der Waals surface area contributed by atoms with Crippen LogP contribution in [0.25, 0.3) is 21.8 Å². The van der Waals surface area contributed by atoms with Crippen molar-refractivity contribution in [2.75, 3.05) is 0 Å². The molecule has 5 heteroatoms. The number of aromatic nitrogens is 1. The van der Waals surface area contributed by atoms with Crippen LogP contribution in [0.2, 0.25) is 0 Å². The van der Waals surface area contributed by atoms with E-state index in [2.05, 4.69) is 4.98 Å². The first-order valence-corrected chi connectivity index (χ1v) is 9.70. The van der Waals surface area contributed by atoms with Gasteiger partial charge < -0.3 is 9.05 Å². The Morgan fingerprint density at radius 1 is 0.792 bits per heavy atom. The molecule has 1 heterocycles. The Bertz CT molecular complexity index is 853. The van der Waals surface area contributed by atoms with Gasteiger partial charge in [0.05, 0.1) is 28.5 Å². The van der Waals surface area contributed by atoms with Gasteiger partial charge in [0.25, 0.3) is 0 Å². The van der Waals surface area contributed by atoms with Gasteiger partial charge in [-0.2, -0.15) is 0 Å². The third-order valence-electron chi connectivity index (χ3n) is 3.53. The molecule has 0 N–H and O–H groups in total. The second-order valence-corrected chi connectivity index (χ2v) is 8.16. The number of benzene rings is 2. The van der Waals surface area contributed by atoms with Crippen molar-refractivity contribution < 1.29 is 13.6 Å². The molecule has 126 valence electrons. The van der Waals surface area contributed by atoms with E-state index in [1.807, 2.05) is 76.2 Å². The largest absolute Gasteiger partial charge is 0.363 e. The molecule has 4 nitrogen and oxygen atoms in total. The van der Waals surface area contributed by atoms with Crippen LogP contribution in [-0.4, -0.2) is 17.2 Å². The van der Waals surface area contributed by atoms with Gasteiger partial charge in [-0.05, 0) is 39.8 Å². The SMILES string of the molecule is CC(C)OP(=O)(OC(C)C)c1c2ccccc2nc2ccccc12. The highest BCUT2D eigenvalue weighted by molar-refractivity contribution is 7.63. The predicted octanol–water partition coefficient (Wildman–Crippen LogP) is 5.06. The molecule has 2 aromatic carbocycles. The van der Waals surface area contributed by atoms with Crippen LogP contribution in [0, 0.1) is 0 Å². The van der Waals surface area contributed by atoms with Crippen LogP contribution in [0.5, 0.6) is 0 Å². The number of para-hydroxylation sites is 2. The first kappa shape index (κ1) is 17.1. The van der Waals surface area contributed by atoms with E-state index in [-0.39, 0.29) is 12.2 Å². The highest BCUT2D eigenvalue weighted by Crippen LogP contribution is 2.52. The van der Waals surface area contributed by atoms with Crippen molar-refractivity contribution in [2.24, 2.45) is 0 Å². The van der Waals surface area contributed by atoms with E-state index in [9.17, 15) is 4.57 Å². The zero-order chi connectivity index (χ0) is 17.3. The molecule has 0 aliphatic heterocycles. The summed E-state index contributed by atoms with van der Waals surface area (Å²) in [5, 5.41) is 2.22. The van der Waals surface area contributed by atoms with Crippen molar-refractivity contribution in [1.82, 2.24) is 4.98 Å². The minimum atomic E-state index is -3.52. The van der Waals surface area contributed by atoms with Gasteiger partial charge in [0.1, 0.15) is 0 Å². The molecule has 3 aromatic rings. The van der Waals surface area contributed by atoms with Gasteiger partial charge in [0, 0.05) is 10.8 Å². The number of rotatable bonds is 5. The lowest BCUT2D eigenvalue weighted by molar-refractivity contribution is 0.150. The van der Waals surface area contributed by atoms with E-state index < -0.39 is 7.60 Å². The van der Waals surface area contributed by atoms with E-state index in [0.29, 0.717) is 5.30 Å². The molecule has 0 spiro atoms. The van der Waals surface area contributed by atoms with E-state index >= 15 is 0 Å². The Balaban J connectivity index is 2.40. The summed E-state index contributed by atoms with van der Waals surface area (Å²) in [6, 6.07) is 15.3. The molecule has 0 aliphatic rings. The maximum Gasteiger partial charge on any atom is 0.363 e. The monoisotopic (exact) mass is 343 g/mol. The summed E-state index contributed by atoms with van der Waals surface area (Å²) in [6.07, 6.45) is -0.444. The summed E-state index contributed by atoms with van der Waals surface area (Å²) >= 11 is 0. The molecule has 0 unspecified atom stereocenters. The van der Waals surface area contributed by atoms with Crippen molar-refractivity contribution in [3.63, 3.8) is 0 Å². The average Bonchev–Trinajstić information content (AvgIpc) is 2.50. The average molecular weight is 343 g/mol. The number of pyridine rings is 1. The summed E-state index contributed by atoms with van der Waals surface area (Å²) in [5.74, 6) is 0. The molecule has 0 fully saturated rings.